The predicted molar refractivity (Wildman–Crippen MR) is 137 cm³/mol. The lowest BCUT2D eigenvalue weighted by molar-refractivity contribution is -0.246. The first-order chi connectivity index (χ1) is 16.6. The van der Waals surface area contributed by atoms with Gasteiger partial charge in [0.25, 0.3) is 0 Å². The number of carboxylic acid groups (broad SMARTS) is 1. The molecule has 5 rings (SSSR count). The molecule has 5 aliphatic rings. The molecule has 0 heterocycles. The average Bonchev–Trinajstić information content (AvgIpc) is 2.80. The molecule has 0 bridgehead atoms. The molecule has 0 radical (unpaired) electrons. The molecule has 4 saturated carbocycles. The van der Waals surface area contributed by atoms with Gasteiger partial charge in [-0.05, 0) is 84.9 Å². The molecule has 0 spiro atoms. The molecular weight excluding hydrogens is 456 g/mol. The molecule has 0 aromatic rings. The molecule has 0 saturated heterocycles. The van der Waals surface area contributed by atoms with Crippen LogP contribution in [-0.2, 0) is 4.79 Å². The lowest BCUT2D eigenvalue weighted by Crippen LogP contribution is -2.69. The molecule has 204 valence electrons. The Morgan fingerprint density at radius 1 is 1.03 bits per heavy atom. The van der Waals surface area contributed by atoms with E-state index in [0.29, 0.717) is 19.3 Å². The second-order valence-electron chi connectivity index (χ2n) is 14.6. The third-order valence-corrected chi connectivity index (χ3v) is 13.6. The van der Waals surface area contributed by atoms with Crippen molar-refractivity contribution in [2.24, 2.45) is 56.7 Å². The van der Waals surface area contributed by atoms with Gasteiger partial charge in [-0.2, -0.15) is 0 Å². The molecule has 0 aromatic carbocycles. The number of aliphatic carboxylic acids is 1. The van der Waals surface area contributed by atoms with Crippen molar-refractivity contribution in [3.63, 3.8) is 0 Å². The molecule has 6 nitrogen and oxygen atoms in total. The highest BCUT2D eigenvalue weighted by Gasteiger charge is 2.71. The fourth-order valence-corrected chi connectivity index (χ4v) is 11.1. The Morgan fingerprint density at radius 3 is 2.31 bits per heavy atom. The van der Waals surface area contributed by atoms with Crippen LogP contribution in [0, 0.1) is 56.7 Å². The summed E-state index contributed by atoms with van der Waals surface area (Å²) in [6.07, 6.45) is 4.58. The first-order valence-corrected chi connectivity index (χ1v) is 14.2. The van der Waals surface area contributed by atoms with Crippen LogP contribution in [0.3, 0.4) is 0 Å². The van der Waals surface area contributed by atoms with E-state index in [9.17, 15) is 30.3 Å². The number of hydrogen-bond donors (Lipinski definition) is 5. The highest BCUT2D eigenvalue weighted by Crippen LogP contribution is 2.75. The van der Waals surface area contributed by atoms with Crippen molar-refractivity contribution in [1.29, 1.82) is 0 Å². The summed E-state index contributed by atoms with van der Waals surface area (Å²) in [6, 6.07) is 0. The maximum atomic E-state index is 12.9. The first-order valence-electron chi connectivity index (χ1n) is 14.2. The minimum Gasteiger partial charge on any atom is -0.481 e. The average molecular weight is 505 g/mol. The van der Waals surface area contributed by atoms with Gasteiger partial charge in [0.1, 0.15) is 5.41 Å². The zero-order valence-electron chi connectivity index (χ0n) is 23.0. The van der Waals surface area contributed by atoms with Gasteiger partial charge in [-0.3, -0.25) is 4.79 Å². The monoisotopic (exact) mass is 504 g/mol. The number of hydrogen-bond acceptors (Lipinski definition) is 5. The van der Waals surface area contributed by atoms with E-state index >= 15 is 0 Å². The van der Waals surface area contributed by atoms with Crippen LogP contribution in [0.2, 0.25) is 0 Å². The van der Waals surface area contributed by atoms with Crippen molar-refractivity contribution < 1.29 is 30.3 Å². The Morgan fingerprint density at radius 2 is 1.69 bits per heavy atom. The smallest absolute Gasteiger partial charge is 0.312 e. The topological polar surface area (TPSA) is 118 Å². The van der Waals surface area contributed by atoms with E-state index in [1.165, 1.54) is 5.57 Å². The Balaban J connectivity index is 1.64. The van der Waals surface area contributed by atoms with E-state index < -0.39 is 35.1 Å². The fourth-order valence-electron chi connectivity index (χ4n) is 11.1. The summed E-state index contributed by atoms with van der Waals surface area (Å²) in [5, 5.41) is 54.1. The summed E-state index contributed by atoms with van der Waals surface area (Å²) in [5.74, 6) is -0.261. The largest absolute Gasteiger partial charge is 0.481 e. The van der Waals surface area contributed by atoms with Crippen molar-refractivity contribution in [2.75, 3.05) is 6.61 Å². The Kier molecular flexibility index (Phi) is 5.95. The van der Waals surface area contributed by atoms with Crippen LogP contribution in [0.4, 0.5) is 0 Å². The number of carbonyl (C=O) groups is 1. The van der Waals surface area contributed by atoms with Crippen molar-refractivity contribution in [3.8, 4) is 0 Å². The Bertz CT molecular complexity index is 963. The predicted octanol–water partition coefficient (Wildman–Crippen LogP) is 4.00. The van der Waals surface area contributed by atoms with Crippen molar-refractivity contribution in [1.82, 2.24) is 0 Å². The van der Waals surface area contributed by atoms with Crippen LogP contribution in [0.25, 0.3) is 0 Å². The SMILES string of the molecule is C[C@H]1[C@H](C)C[C@@H](O)[C@]2(C(=O)O)CC[C@]3(C)C(=CC[C@@H]4[C@@]5(C)C[C@@H](O)[C@H](O)[C@](C)(CO)[C@@H]5CC[C@]43C)[C@H]12. The lowest BCUT2D eigenvalue weighted by Gasteiger charge is -2.72. The van der Waals surface area contributed by atoms with Crippen molar-refractivity contribution >= 4 is 5.97 Å². The van der Waals surface area contributed by atoms with Crippen molar-refractivity contribution in [2.45, 2.75) is 105 Å². The standard InChI is InChI=1S/C30H48O6/c1-16-13-22(33)30(25(35)36)12-11-28(5)18(23(30)17(16)2)7-8-21-26(3)14-19(32)24(34)27(4,15-31)20(26)9-10-29(21,28)6/h7,16-17,19-24,31-34H,8-15H2,1-6H3,(H,35,36)/t16-,17+,19-,20-,21-,22-,23+,24+,26+,27-,28-,29-,30-/m1/s1. The number of rotatable bonds is 2. The quantitative estimate of drug-likeness (QED) is 0.363. The van der Waals surface area contributed by atoms with E-state index in [1.54, 1.807) is 0 Å². The van der Waals surface area contributed by atoms with Crippen LogP contribution in [0.1, 0.15) is 86.5 Å². The van der Waals surface area contributed by atoms with E-state index in [1.807, 2.05) is 6.92 Å². The second-order valence-corrected chi connectivity index (χ2v) is 14.6. The molecule has 0 amide bonds. The third-order valence-electron chi connectivity index (χ3n) is 13.6. The zero-order valence-corrected chi connectivity index (χ0v) is 23.0. The van der Waals surface area contributed by atoms with Crippen LogP contribution in [-0.4, -0.2) is 56.4 Å². The maximum absolute atomic E-state index is 12.9. The van der Waals surface area contributed by atoms with E-state index in [0.717, 1.165) is 25.7 Å². The van der Waals surface area contributed by atoms with Gasteiger partial charge in [0.15, 0.2) is 0 Å². The van der Waals surface area contributed by atoms with Gasteiger partial charge in [-0.1, -0.05) is 53.2 Å². The normalized spacial score (nSPS) is 58.6. The van der Waals surface area contributed by atoms with Gasteiger partial charge in [-0.15, -0.1) is 0 Å². The van der Waals surface area contributed by atoms with Gasteiger partial charge in [0, 0.05) is 11.3 Å². The fraction of sp³-hybridized carbons (Fsp3) is 0.900. The van der Waals surface area contributed by atoms with Gasteiger partial charge < -0.3 is 25.5 Å². The zero-order chi connectivity index (χ0) is 26.6. The number of aliphatic hydroxyl groups excluding tert-OH is 4. The van der Waals surface area contributed by atoms with Crippen LogP contribution < -0.4 is 0 Å². The molecule has 13 atom stereocenters. The minimum atomic E-state index is -1.12. The highest BCUT2D eigenvalue weighted by molar-refractivity contribution is 5.77. The van der Waals surface area contributed by atoms with E-state index in [2.05, 4.69) is 40.7 Å². The highest BCUT2D eigenvalue weighted by atomic mass is 16.4. The van der Waals surface area contributed by atoms with E-state index in [-0.39, 0.29) is 52.4 Å². The number of carboxylic acids is 1. The van der Waals surface area contributed by atoms with Gasteiger partial charge in [-0.25, -0.2) is 0 Å². The summed E-state index contributed by atoms with van der Waals surface area (Å²) >= 11 is 0. The second kappa shape index (κ2) is 8.03. The lowest BCUT2D eigenvalue weighted by atomic mass is 9.33. The van der Waals surface area contributed by atoms with Crippen LogP contribution >= 0.6 is 0 Å². The molecule has 0 aliphatic heterocycles. The first kappa shape index (κ1) is 26.6. The Hall–Kier alpha value is -0.950. The molecule has 0 aromatic heterocycles. The molecule has 0 unspecified atom stereocenters. The van der Waals surface area contributed by atoms with Crippen LogP contribution in [0.5, 0.6) is 0 Å². The minimum absolute atomic E-state index is 0.0992. The molecule has 36 heavy (non-hydrogen) atoms. The van der Waals surface area contributed by atoms with Gasteiger partial charge >= 0.3 is 5.97 Å². The number of allylic oxidation sites excluding steroid dienone is 2. The summed E-state index contributed by atoms with van der Waals surface area (Å²) in [6.45, 7) is 13.1. The number of aliphatic hydroxyl groups is 4. The summed E-state index contributed by atoms with van der Waals surface area (Å²) < 4.78 is 0. The molecule has 6 heteroatoms. The summed E-state index contributed by atoms with van der Waals surface area (Å²) in [7, 11) is 0. The molecule has 5 N–H and O–H groups in total. The molecule has 5 aliphatic carbocycles. The number of fused-ring (bicyclic) bond motifs is 7. The maximum Gasteiger partial charge on any atom is 0.312 e. The summed E-state index contributed by atoms with van der Waals surface area (Å²) in [5.41, 5.74) is -1.17. The molecular formula is C30H48O6. The summed E-state index contributed by atoms with van der Waals surface area (Å²) in [4.78, 5) is 12.9. The Labute approximate surface area is 216 Å². The van der Waals surface area contributed by atoms with Crippen molar-refractivity contribution in [3.05, 3.63) is 11.6 Å². The third kappa shape index (κ3) is 2.91. The van der Waals surface area contributed by atoms with Gasteiger partial charge in [0.2, 0.25) is 0 Å². The van der Waals surface area contributed by atoms with Gasteiger partial charge in [0.05, 0.1) is 24.9 Å². The molecule has 4 fully saturated rings. The van der Waals surface area contributed by atoms with Crippen LogP contribution in [0.15, 0.2) is 11.6 Å². The van der Waals surface area contributed by atoms with E-state index in [4.69, 9.17) is 0 Å².